The highest BCUT2D eigenvalue weighted by Gasteiger charge is 2.27. The number of alkyl halides is 3. The summed E-state index contributed by atoms with van der Waals surface area (Å²) in [7, 11) is 1.52. The summed E-state index contributed by atoms with van der Waals surface area (Å²) in [6.45, 7) is 4.47. The first kappa shape index (κ1) is 25.2. The molecule has 0 fully saturated rings. The largest absolute Gasteiger partial charge is 0.411 e. The zero-order valence-corrected chi connectivity index (χ0v) is 18.6. The van der Waals surface area contributed by atoms with E-state index in [4.69, 9.17) is 0 Å². The number of hydrogen-bond donors (Lipinski definition) is 2. The minimum atomic E-state index is -4.36. The second-order valence-electron chi connectivity index (χ2n) is 7.76. The summed E-state index contributed by atoms with van der Waals surface area (Å²) in [5, 5.41) is 5.56. The van der Waals surface area contributed by atoms with Crippen molar-refractivity contribution in [1.82, 2.24) is 10.2 Å². The molecule has 0 unspecified atom stereocenters. The number of nitrogens with zero attached hydrogens (tertiary/aromatic N) is 1. The van der Waals surface area contributed by atoms with Gasteiger partial charge in [0.05, 0.1) is 6.61 Å². The number of urea groups is 1. The Morgan fingerprint density at radius 2 is 1.56 bits per heavy atom. The van der Waals surface area contributed by atoms with Crippen LogP contribution in [-0.2, 0) is 22.7 Å². The smallest absolute Gasteiger partial charge is 0.367 e. The van der Waals surface area contributed by atoms with E-state index in [1.807, 2.05) is 32.9 Å². The first-order chi connectivity index (χ1) is 14.9. The standard InChI is InChI=1S/C23H28F3N3O3/c1-15-9-16(2)21(17(3)10-15)28-20(30)12-29(4)22(31)27-11-18-5-7-19(8-6-18)13-32-14-23(24,25)26/h5-10H,11-14H2,1-4H3,(H,27,31)(H,28,30). The molecule has 2 aromatic rings. The number of rotatable bonds is 8. The van der Waals surface area contributed by atoms with Crippen molar-refractivity contribution in [2.75, 3.05) is 25.5 Å². The van der Waals surface area contributed by atoms with E-state index in [0.717, 1.165) is 27.9 Å². The number of aryl methyl sites for hydroxylation is 3. The maximum Gasteiger partial charge on any atom is 0.411 e. The van der Waals surface area contributed by atoms with Crippen molar-refractivity contribution in [1.29, 1.82) is 0 Å². The quantitative estimate of drug-likeness (QED) is 0.622. The van der Waals surface area contributed by atoms with Crippen LogP contribution in [0.4, 0.5) is 23.7 Å². The number of likely N-dealkylation sites (N-methyl/N-ethyl adjacent to an activating group) is 1. The van der Waals surface area contributed by atoms with Crippen LogP contribution >= 0.6 is 0 Å². The number of ether oxygens (including phenoxy) is 1. The van der Waals surface area contributed by atoms with Gasteiger partial charge in [-0.15, -0.1) is 0 Å². The maximum absolute atomic E-state index is 12.4. The molecular weight excluding hydrogens is 423 g/mol. The summed E-state index contributed by atoms with van der Waals surface area (Å²) in [4.78, 5) is 25.9. The van der Waals surface area contributed by atoms with Crippen LogP contribution in [0, 0.1) is 20.8 Å². The molecule has 0 aliphatic heterocycles. The van der Waals surface area contributed by atoms with E-state index in [-0.39, 0.29) is 25.6 Å². The van der Waals surface area contributed by atoms with Crippen LogP contribution in [0.1, 0.15) is 27.8 Å². The lowest BCUT2D eigenvalue weighted by atomic mass is 10.1. The van der Waals surface area contributed by atoms with E-state index in [1.54, 1.807) is 24.3 Å². The van der Waals surface area contributed by atoms with Gasteiger partial charge in [0.25, 0.3) is 0 Å². The van der Waals surface area contributed by atoms with E-state index in [0.29, 0.717) is 5.56 Å². The van der Waals surface area contributed by atoms with Gasteiger partial charge in [-0.25, -0.2) is 4.79 Å². The fraction of sp³-hybridized carbons (Fsp3) is 0.391. The Bertz CT molecular complexity index is 921. The molecule has 6 nitrogen and oxygen atoms in total. The lowest BCUT2D eigenvalue weighted by Gasteiger charge is -2.19. The molecule has 0 radical (unpaired) electrons. The second kappa shape index (κ2) is 11.0. The van der Waals surface area contributed by atoms with Gasteiger partial charge >= 0.3 is 12.2 Å². The molecule has 0 saturated heterocycles. The van der Waals surface area contributed by atoms with Gasteiger partial charge in [-0.05, 0) is 43.0 Å². The Morgan fingerprint density at radius 1 is 1.00 bits per heavy atom. The van der Waals surface area contributed by atoms with E-state index in [9.17, 15) is 22.8 Å². The van der Waals surface area contributed by atoms with Crippen molar-refractivity contribution in [3.8, 4) is 0 Å². The van der Waals surface area contributed by atoms with Crippen LogP contribution in [-0.4, -0.2) is 43.2 Å². The third-order valence-electron chi connectivity index (χ3n) is 4.67. The van der Waals surface area contributed by atoms with Crippen molar-refractivity contribution >= 4 is 17.6 Å². The summed E-state index contributed by atoms with van der Waals surface area (Å²) < 4.78 is 40.9. The second-order valence-corrected chi connectivity index (χ2v) is 7.76. The van der Waals surface area contributed by atoms with Gasteiger partial charge in [0.1, 0.15) is 13.2 Å². The molecule has 32 heavy (non-hydrogen) atoms. The van der Waals surface area contributed by atoms with Gasteiger partial charge in [0.2, 0.25) is 5.91 Å². The molecule has 2 rings (SSSR count). The van der Waals surface area contributed by atoms with E-state index < -0.39 is 18.8 Å². The first-order valence-electron chi connectivity index (χ1n) is 10.0. The number of anilines is 1. The van der Waals surface area contributed by atoms with Gasteiger partial charge < -0.3 is 20.3 Å². The highest BCUT2D eigenvalue weighted by atomic mass is 19.4. The summed E-state index contributed by atoms with van der Waals surface area (Å²) in [5.74, 6) is -0.305. The molecule has 2 aromatic carbocycles. The summed E-state index contributed by atoms with van der Waals surface area (Å²) in [6.07, 6.45) is -4.36. The number of carbonyl (C=O) groups is 2. The molecule has 174 valence electrons. The summed E-state index contributed by atoms with van der Waals surface area (Å²) in [6, 6.07) is 10.2. The van der Waals surface area contributed by atoms with Crippen molar-refractivity contribution < 1.29 is 27.5 Å². The Kier molecular flexibility index (Phi) is 8.65. The van der Waals surface area contributed by atoms with Gasteiger partial charge in [-0.2, -0.15) is 13.2 Å². The van der Waals surface area contributed by atoms with Gasteiger partial charge in [-0.1, -0.05) is 42.0 Å². The maximum atomic E-state index is 12.4. The predicted molar refractivity (Wildman–Crippen MR) is 116 cm³/mol. The van der Waals surface area contributed by atoms with Crippen LogP contribution in [0.2, 0.25) is 0 Å². The fourth-order valence-corrected chi connectivity index (χ4v) is 3.19. The Balaban J connectivity index is 1.79. The molecule has 0 saturated carbocycles. The van der Waals surface area contributed by atoms with Gasteiger partial charge in [0.15, 0.2) is 0 Å². The van der Waals surface area contributed by atoms with E-state index in [2.05, 4.69) is 15.4 Å². The topological polar surface area (TPSA) is 70.7 Å². The molecule has 0 aromatic heterocycles. The number of amides is 3. The van der Waals surface area contributed by atoms with Gasteiger partial charge in [0, 0.05) is 19.3 Å². The predicted octanol–water partition coefficient (Wildman–Crippen LogP) is 4.47. The molecule has 3 amide bonds. The lowest BCUT2D eigenvalue weighted by Crippen LogP contribution is -2.41. The van der Waals surface area contributed by atoms with Crippen molar-refractivity contribution in [2.45, 2.75) is 40.1 Å². The molecule has 0 spiro atoms. The highest BCUT2D eigenvalue weighted by molar-refractivity contribution is 5.95. The summed E-state index contributed by atoms with van der Waals surface area (Å²) in [5.41, 5.74) is 5.12. The Hall–Kier alpha value is -3.07. The minimum absolute atomic E-state index is 0.117. The van der Waals surface area contributed by atoms with Crippen LogP contribution in [0.5, 0.6) is 0 Å². The van der Waals surface area contributed by atoms with Crippen LogP contribution in [0.25, 0.3) is 0 Å². The molecular formula is C23H28F3N3O3. The van der Waals surface area contributed by atoms with E-state index in [1.165, 1.54) is 11.9 Å². The molecule has 0 aliphatic rings. The minimum Gasteiger partial charge on any atom is -0.367 e. The zero-order valence-electron chi connectivity index (χ0n) is 18.6. The van der Waals surface area contributed by atoms with E-state index >= 15 is 0 Å². The highest BCUT2D eigenvalue weighted by Crippen LogP contribution is 2.21. The third kappa shape index (κ3) is 8.22. The van der Waals surface area contributed by atoms with Crippen molar-refractivity contribution in [2.24, 2.45) is 0 Å². The number of halogens is 3. The molecule has 2 N–H and O–H groups in total. The van der Waals surface area contributed by atoms with Crippen molar-refractivity contribution in [3.63, 3.8) is 0 Å². The van der Waals surface area contributed by atoms with Gasteiger partial charge in [-0.3, -0.25) is 4.79 Å². The fourth-order valence-electron chi connectivity index (χ4n) is 3.19. The van der Waals surface area contributed by atoms with Crippen LogP contribution < -0.4 is 10.6 Å². The number of benzene rings is 2. The summed E-state index contributed by atoms with van der Waals surface area (Å²) >= 11 is 0. The average Bonchev–Trinajstić information content (AvgIpc) is 2.68. The molecule has 0 bridgehead atoms. The third-order valence-corrected chi connectivity index (χ3v) is 4.67. The molecule has 0 aliphatic carbocycles. The first-order valence-corrected chi connectivity index (χ1v) is 10.0. The monoisotopic (exact) mass is 451 g/mol. The number of carbonyl (C=O) groups excluding carboxylic acids is 2. The number of hydrogen-bond acceptors (Lipinski definition) is 3. The lowest BCUT2D eigenvalue weighted by molar-refractivity contribution is -0.176. The Labute approximate surface area is 185 Å². The normalized spacial score (nSPS) is 11.2. The van der Waals surface area contributed by atoms with Crippen LogP contribution in [0.3, 0.4) is 0 Å². The molecule has 9 heteroatoms. The van der Waals surface area contributed by atoms with Crippen molar-refractivity contribution in [3.05, 3.63) is 64.2 Å². The molecule has 0 heterocycles. The zero-order chi connectivity index (χ0) is 23.9. The average molecular weight is 451 g/mol. The Morgan fingerprint density at radius 3 is 2.12 bits per heavy atom. The number of nitrogens with one attached hydrogen (secondary N) is 2. The van der Waals surface area contributed by atoms with Crippen LogP contribution in [0.15, 0.2) is 36.4 Å². The SMILES string of the molecule is Cc1cc(C)c(NC(=O)CN(C)C(=O)NCc2ccc(COCC(F)(F)F)cc2)c(C)c1. The molecule has 0 atom stereocenters.